The molecule has 3 rings (SSSR count). The molecule has 1 fully saturated rings. The molecule has 1 aliphatic heterocycles. The molecule has 1 aromatic carbocycles. The van der Waals surface area contributed by atoms with E-state index in [1.54, 1.807) is 0 Å². The molecule has 0 aliphatic carbocycles. The van der Waals surface area contributed by atoms with E-state index in [1.807, 2.05) is 0 Å². The lowest BCUT2D eigenvalue weighted by atomic mass is 10.2. The van der Waals surface area contributed by atoms with Gasteiger partial charge in [0, 0.05) is 29.1 Å². The number of likely N-dealkylation sites (N-methyl/N-ethyl adjacent to an activating group) is 1. The molecule has 0 radical (unpaired) electrons. The number of benzene rings is 1. The van der Waals surface area contributed by atoms with E-state index in [1.165, 1.54) is 10.9 Å². The Morgan fingerprint density at radius 3 is 3.11 bits per heavy atom. The molecule has 2 aromatic rings. The van der Waals surface area contributed by atoms with E-state index in [2.05, 4.69) is 62.8 Å². The van der Waals surface area contributed by atoms with Gasteiger partial charge in [-0.2, -0.15) is 0 Å². The van der Waals surface area contributed by atoms with Gasteiger partial charge in [-0.25, -0.2) is 0 Å². The third kappa shape index (κ3) is 2.20. The molecule has 1 unspecified atom stereocenters. The second-order valence-corrected chi connectivity index (χ2v) is 5.56. The molecule has 0 saturated carbocycles. The van der Waals surface area contributed by atoms with Crippen molar-refractivity contribution in [3.8, 4) is 0 Å². The second kappa shape index (κ2) is 5.03. The highest BCUT2D eigenvalue weighted by molar-refractivity contribution is 9.10. The molecule has 18 heavy (non-hydrogen) atoms. The molecule has 0 bridgehead atoms. The van der Waals surface area contributed by atoms with Crippen molar-refractivity contribution in [3.05, 3.63) is 34.9 Å². The van der Waals surface area contributed by atoms with Gasteiger partial charge in [0.25, 0.3) is 0 Å². The first-order valence-electron chi connectivity index (χ1n) is 6.38. The number of hydrogen-bond acceptors (Lipinski definition) is 2. The summed E-state index contributed by atoms with van der Waals surface area (Å²) in [6.45, 7) is 6.11. The average molecular weight is 309 g/mol. The summed E-state index contributed by atoms with van der Waals surface area (Å²) in [6, 6.07) is 8.52. The fraction of sp³-hybridized carbons (Fsp3) is 0.429. The fourth-order valence-corrected chi connectivity index (χ4v) is 2.90. The number of fused-ring (bicyclic) bond motifs is 1. The van der Waals surface area contributed by atoms with Crippen molar-refractivity contribution in [2.45, 2.75) is 13.2 Å². The molecule has 0 N–H and O–H groups in total. The molecular weight excluding hydrogens is 292 g/mol. The van der Waals surface area contributed by atoms with Crippen LogP contribution < -0.4 is 0 Å². The molecule has 1 saturated heterocycles. The normalized spacial score (nSPS) is 21.6. The van der Waals surface area contributed by atoms with Crippen molar-refractivity contribution >= 4 is 26.8 Å². The fourth-order valence-electron chi connectivity index (χ4n) is 2.52. The summed E-state index contributed by atoms with van der Waals surface area (Å²) in [5.41, 5.74) is 1.24. The molecule has 1 atom stereocenters. The predicted molar refractivity (Wildman–Crippen MR) is 76.7 cm³/mol. The quantitative estimate of drug-likeness (QED) is 0.847. The van der Waals surface area contributed by atoms with Gasteiger partial charge in [0.15, 0.2) is 0 Å². The first-order valence-corrected chi connectivity index (χ1v) is 7.17. The smallest absolute Gasteiger partial charge is 0.146 e. The van der Waals surface area contributed by atoms with Gasteiger partial charge in [-0.1, -0.05) is 22.9 Å². The van der Waals surface area contributed by atoms with Crippen molar-refractivity contribution in [2.75, 3.05) is 26.2 Å². The van der Waals surface area contributed by atoms with E-state index in [-0.39, 0.29) is 6.23 Å². The Morgan fingerprint density at radius 1 is 1.39 bits per heavy atom. The SMILES string of the molecule is CCN1CCOC(n2ccc3cc(Br)ccc32)C1. The zero-order chi connectivity index (χ0) is 12.5. The van der Waals surface area contributed by atoms with E-state index in [0.29, 0.717) is 0 Å². The van der Waals surface area contributed by atoms with Gasteiger partial charge >= 0.3 is 0 Å². The highest BCUT2D eigenvalue weighted by atomic mass is 79.9. The standard InChI is InChI=1S/C14H17BrN2O/c1-2-16-7-8-18-14(10-16)17-6-5-11-9-12(15)3-4-13(11)17/h3-6,9,14H,2,7-8,10H2,1H3. The van der Waals surface area contributed by atoms with Gasteiger partial charge in [0.1, 0.15) is 6.23 Å². The molecule has 4 heteroatoms. The van der Waals surface area contributed by atoms with Gasteiger partial charge in [-0.05, 0) is 30.8 Å². The Hall–Kier alpha value is -0.840. The maximum absolute atomic E-state index is 5.90. The molecular formula is C14H17BrN2O. The topological polar surface area (TPSA) is 17.4 Å². The van der Waals surface area contributed by atoms with Crippen LogP contribution in [0, 0.1) is 0 Å². The van der Waals surface area contributed by atoms with Crippen LogP contribution in [0.2, 0.25) is 0 Å². The van der Waals surface area contributed by atoms with Gasteiger partial charge in [-0.3, -0.25) is 4.90 Å². The molecule has 96 valence electrons. The first-order chi connectivity index (χ1) is 8.78. The number of ether oxygens (including phenoxy) is 1. The largest absolute Gasteiger partial charge is 0.355 e. The van der Waals surface area contributed by atoms with Crippen LogP contribution in [-0.4, -0.2) is 35.7 Å². The minimum Gasteiger partial charge on any atom is -0.355 e. The lowest BCUT2D eigenvalue weighted by Crippen LogP contribution is -2.40. The lowest BCUT2D eigenvalue weighted by Gasteiger charge is -2.33. The highest BCUT2D eigenvalue weighted by Gasteiger charge is 2.21. The molecule has 0 amide bonds. The summed E-state index contributed by atoms with van der Waals surface area (Å²) >= 11 is 3.51. The minimum atomic E-state index is 0.136. The predicted octanol–water partition coefficient (Wildman–Crippen LogP) is 3.25. The Labute approximate surface area is 115 Å². The van der Waals surface area contributed by atoms with Crippen LogP contribution >= 0.6 is 15.9 Å². The molecule has 0 spiro atoms. The Bertz CT molecular complexity index is 552. The number of aromatic nitrogens is 1. The summed E-state index contributed by atoms with van der Waals surface area (Å²) in [6.07, 6.45) is 2.26. The first kappa shape index (κ1) is 12.2. The summed E-state index contributed by atoms with van der Waals surface area (Å²) < 4.78 is 9.26. The van der Waals surface area contributed by atoms with Crippen LogP contribution in [0.4, 0.5) is 0 Å². The van der Waals surface area contributed by atoms with Crippen molar-refractivity contribution in [1.82, 2.24) is 9.47 Å². The number of morpholine rings is 1. The van der Waals surface area contributed by atoms with Gasteiger partial charge in [-0.15, -0.1) is 0 Å². The van der Waals surface area contributed by atoms with E-state index in [0.717, 1.165) is 30.7 Å². The molecule has 1 aliphatic rings. The molecule has 2 heterocycles. The van der Waals surface area contributed by atoms with Crippen molar-refractivity contribution < 1.29 is 4.74 Å². The Balaban J connectivity index is 1.94. The summed E-state index contributed by atoms with van der Waals surface area (Å²) in [4.78, 5) is 2.43. The van der Waals surface area contributed by atoms with Crippen LogP contribution in [-0.2, 0) is 4.74 Å². The van der Waals surface area contributed by atoms with E-state index >= 15 is 0 Å². The average Bonchev–Trinajstić information content (AvgIpc) is 2.81. The van der Waals surface area contributed by atoms with Crippen molar-refractivity contribution in [3.63, 3.8) is 0 Å². The van der Waals surface area contributed by atoms with E-state index < -0.39 is 0 Å². The van der Waals surface area contributed by atoms with Crippen molar-refractivity contribution in [2.24, 2.45) is 0 Å². The zero-order valence-corrected chi connectivity index (χ0v) is 12.1. The van der Waals surface area contributed by atoms with E-state index in [9.17, 15) is 0 Å². The van der Waals surface area contributed by atoms with Gasteiger partial charge in [0.2, 0.25) is 0 Å². The van der Waals surface area contributed by atoms with Crippen LogP contribution in [0.1, 0.15) is 13.2 Å². The van der Waals surface area contributed by atoms with E-state index in [4.69, 9.17) is 4.74 Å². The number of hydrogen-bond donors (Lipinski definition) is 0. The summed E-state index contributed by atoms with van der Waals surface area (Å²) in [7, 11) is 0. The maximum Gasteiger partial charge on any atom is 0.146 e. The summed E-state index contributed by atoms with van der Waals surface area (Å²) in [5.74, 6) is 0. The summed E-state index contributed by atoms with van der Waals surface area (Å²) in [5, 5.41) is 1.25. The number of halogens is 1. The van der Waals surface area contributed by atoms with Gasteiger partial charge in [0.05, 0.1) is 12.1 Å². The second-order valence-electron chi connectivity index (χ2n) is 4.64. The Kier molecular flexibility index (Phi) is 3.41. The highest BCUT2D eigenvalue weighted by Crippen LogP contribution is 2.26. The van der Waals surface area contributed by atoms with Gasteiger partial charge < -0.3 is 9.30 Å². The third-order valence-corrected chi connectivity index (χ3v) is 4.07. The monoisotopic (exact) mass is 308 g/mol. The Morgan fingerprint density at radius 2 is 2.28 bits per heavy atom. The third-order valence-electron chi connectivity index (χ3n) is 3.57. The molecule has 1 aromatic heterocycles. The minimum absolute atomic E-state index is 0.136. The number of rotatable bonds is 2. The molecule has 3 nitrogen and oxygen atoms in total. The maximum atomic E-state index is 5.90. The zero-order valence-electron chi connectivity index (χ0n) is 10.5. The van der Waals surface area contributed by atoms with Crippen molar-refractivity contribution in [1.29, 1.82) is 0 Å². The number of nitrogens with zero attached hydrogens (tertiary/aromatic N) is 2. The lowest BCUT2D eigenvalue weighted by molar-refractivity contribution is -0.0651. The van der Waals surface area contributed by atoms with Crippen LogP contribution in [0.3, 0.4) is 0 Å². The van der Waals surface area contributed by atoms with Crippen LogP contribution in [0.15, 0.2) is 34.9 Å². The van der Waals surface area contributed by atoms with Crippen LogP contribution in [0.25, 0.3) is 10.9 Å². The van der Waals surface area contributed by atoms with Crippen LogP contribution in [0.5, 0.6) is 0 Å².